The lowest BCUT2D eigenvalue weighted by Crippen LogP contribution is -2.51. The Bertz CT molecular complexity index is 1980. The molecule has 4 atom stereocenters. The summed E-state index contributed by atoms with van der Waals surface area (Å²) in [6.45, 7) is 6.64. The molecule has 2 N–H and O–H groups in total. The highest BCUT2D eigenvalue weighted by Gasteiger charge is 2.39. The normalized spacial score (nSPS) is 20.5. The molecule has 2 fully saturated rings. The van der Waals surface area contributed by atoms with Gasteiger partial charge in [-0.3, -0.25) is 19.8 Å². The third kappa shape index (κ3) is 8.64. The van der Waals surface area contributed by atoms with E-state index in [2.05, 4.69) is 58.4 Å². The molecular weight excluding hydrogens is 668 g/mol. The maximum absolute atomic E-state index is 12.6. The summed E-state index contributed by atoms with van der Waals surface area (Å²) < 4.78 is 13.5. The number of amides is 1. The van der Waals surface area contributed by atoms with Crippen LogP contribution in [0.2, 0.25) is 0 Å². The first-order valence-electron chi connectivity index (χ1n) is 18.1. The molecule has 2 heterocycles. The molecular formula is C43H44N4O6. The number of hydrogen-bond donors (Lipinski definition) is 2. The molecule has 53 heavy (non-hydrogen) atoms. The van der Waals surface area contributed by atoms with Gasteiger partial charge in [0, 0.05) is 74.1 Å². The van der Waals surface area contributed by atoms with E-state index in [-0.39, 0.29) is 41.3 Å². The fraction of sp³-hybridized carbons (Fsp3) is 0.279. The van der Waals surface area contributed by atoms with Gasteiger partial charge < -0.3 is 24.8 Å². The van der Waals surface area contributed by atoms with E-state index in [1.165, 1.54) is 0 Å². The average Bonchev–Trinajstić information content (AvgIpc) is 3.21. The van der Waals surface area contributed by atoms with Gasteiger partial charge >= 0.3 is 0 Å². The topological polar surface area (TPSA) is 117 Å². The number of ether oxygens (including phenoxy) is 2. The van der Waals surface area contributed by atoms with Gasteiger partial charge in [0.05, 0.1) is 23.7 Å². The minimum Gasteiger partial charge on any atom is -0.392 e. The van der Waals surface area contributed by atoms with Gasteiger partial charge in [0.15, 0.2) is 6.29 Å². The number of nitrogens with one attached hydrogen (secondary N) is 1. The first-order valence-corrected chi connectivity index (χ1v) is 18.1. The van der Waals surface area contributed by atoms with Gasteiger partial charge in [-0.15, -0.1) is 0 Å². The number of nitro benzene ring substituents is 1. The van der Waals surface area contributed by atoms with Crippen LogP contribution < -0.4 is 10.2 Å². The molecule has 0 aliphatic carbocycles. The van der Waals surface area contributed by atoms with Gasteiger partial charge in [-0.2, -0.15) is 0 Å². The molecule has 0 bridgehead atoms. The van der Waals surface area contributed by atoms with Crippen LogP contribution >= 0.6 is 0 Å². The molecule has 2 aliphatic heterocycles. The Hall–Kier alpha value is -5.39. The van der Waals surface area contributed by atoms with Gasteiger partial charge in [-0.25, -0.2) is 0 Å². The number of non-ortho nitro benzene ring substituents is 1. The maximum Gasteiger partial charge on any atom is 0.269 e. The van der Waals surface area contributed by atoms with Crippen molar-refractivity contribution in [2.75, 3.05) is 37.6 Å². The lowest BCUT2D eigenvalue weighted by molar-refractivity contribution is -0.384. The molecule has 0 saturated carbocycles. The number of carbonyl (C=O) groups is 1. The highest BCUT2D eigenvalue weighted by molar-refractivity contribution is 5.94. The van der Waals surface area contributed by atoms with Crippen LogP contribution in [0.4, 0.5) is 11.4 Å². The summed E-state index contributed by atoms with van der Waals surface area (Å²) in [5.74, 6) is -0.0454. The number of carbonyl (C=O) groups excluding carboxylic acids is 1. The third-order valence-corrected chi connectivity index (χ3v) is 10.3. The van der Waals surface area contributed by atoms with Gasteiger partial charge in [0.25, 0.3) is 11.6 Å². The van der Waals surface area contributed by atoms with Crippen molar-refractivity contribution < 1.29 is 24.3 Å². The van der Waals surface area contributed by atoms with Crippen LogP contribution in [-0.2, 0) is 22.6 Å². The van der Waals surface area contributed by atoms with Crippen LogP contribution in [0.15, 0.2) is 127 Å². The Morgan fingerprint density at radius 1 is 0.792 bits per heavy atom. The summed E-state index contributed by atoms with van der Waals surface area (Å²) >= 11 is 0. The van der Waals surface area contributed by atoms with E-state index in [1.807, 2.05) is 66.7 Å². The Kier molecular flexibility index (Phi) is 11.2. The number of anilines is 1. The monoisotopic (exact) mass is 712 g/mol. The molecule has 10 nitrogen and oxygen atoms in total. The van der Waals surface area contributed by atoms with Gasteiger partial charge in [-0.1, -0.05) is 91.9 Å². The number of hydrogen-bond acceptors (Lipinski definition) is 8. The summed E-state index contributed by atoms with van der Waals surface area (Å²) in [6, 6.07) is 40.4. The van der Waals surface area contributed by atoms with E-state index in [0.717, 1.165) is 71.8 Å². The van der Waals surface area contributed by atoms with Crippen molar-refractivity contribution in [3.05, 3.63) is 165 Å². The number of aliphatic hydroxyl groups excluding tert-OH is 1. The lowest BCUT2D eigenvalue weighted by atomic mass is 9.89. The first kappa shape index (κ1) is 36.0. The van der Waals surface area contributed by atoms with E-state index in [4.69, 9.17) is 9.47 Å². The van der Waals surface area contributed by atoms with Crippen molar-refractivity contribution in [1.82, 2.24) is 10.2 Å². The van der Waals surface area contributed by atoms with Gasteiger partial charge in [-0.05, 0) is 58.1 Å². The second-order valence-corrected chi connectivity index (χ2v) is 13.8. The molecule has 0 aromatic heterocycles. The highest BCUT2D eigenvalue weighted by atomic mass is 16.7. The van der Waals surface area contributed by atoms with Crippen LogP contribution in [0.3, 0.4) is 0 Å². The molecule has 5 aromatic rings. The summed E-state index contributed by atoms with van der Waals surface area (Å²) in [5, 5.41) is 23.8. The van der Waals surface area contributed by atoms with Gasteiger partial charge in [0.2, 0.25) is 0 Å². The molecule has 1 amide bonds. The summed E-state index contributed by atoms with van der Waals surface area (Å²) in [7, 11) is 0. The fourth-order valence-electron chi connectivity index (χ4n) is 7.12. The largest absolute Gasteiger partial charge is 0.392 e. The van der Waals surface area contributed by atoms with E-state index >= 15 is 0 Å². The van der Waals surface area contributed by atoms with Crippen LogP contribution in [0.5, 0.6) is 0 Å². The van der Waals surface area contributed by atoms with E-state index < -0.39 is 6.29 Å². The average molecular weight is 713 g/mol. The van der Waals surface area contributed by atoms with E-state index in [0.29, 0.717) is 12.1 Å². The Balaban J connectivity index is 1.04. The Morgan fingerprint density at radius 2 is 1.49 bits per heavy atom. The van der Waals surface area contributed by atoms with Gasteiger partial charge in [0.1, 0.15) is 0 Å². The van der Waals surface area contributed by atoms with Crippen molar-refractivity contribution in [2.24, 2.45) is 5.92 Å². The van der Waals surface area contributed by atoms with Crippen LogP contribution in [0, 0.1) is 16.0 Å². The molecule has 7 rings (SSSR count). The second kappa shape index (κ2) is 16.5. The number of aliphatic hydroxyl groups is 1. The van der Waals surface area contributed by atoms with E-state index in [1.54, 1.807) is 24.3 Å². The third-order valence-electron chi connectivity index (χ3n) is 10.3. The Labute approximate surface area is 309 Å². The SMILES string of the molecule is C[C@@H]1[C@H](CN2CCN(c3ccc([N+](=O)[O-])cc3)CC2)O[C@H](c2ccc(-c3cccc(CNC(=O)c4ccccc4)c3)cc2)O[C@@H]1c1ccc(CO)cc1. The van der Waals surface area contributed by atoms with E-state index in [9.17, 15) is 20.0 Å². The standard InChI is InChI=1S/C43H44N4O6/c1-30-40(28-45-22-24-46(25-23-45)38-18-20-39(21-19-38)47(50)51)52-43(53-41(30)34-12-10-31(29-48)11-13-34)36-16-14-33(15-17-36)37-9-5-6-32(26-37)27-44-42(49)35-7-3-2-4-8-35/h2-21,26,30,40-41,43,48H,22-25,27-29H2,1H3,(H,44,49)/t30-,40+,41+,43+/m1/s1. The van der Waals surface area contributed by atoms with Crippen molar-refractivity contribution in [1.29, 1.82) is 0 Å². The molecule has 5 aromatic carbocycles. The molecule has 272 valence electrons. The zero-order chi connectivity index (χ0) is 36.7. The number of nitrogens with zero attached hydrogens (tertiary/aromatic N) is 3. The first-order chi connectivity index (χ1) is 25.8. The fourth-order valence-corrected chi connectivity index (χ4v) is 7.12. The Morgan fingerprint density at radius 3 is 2.17 bits per heavy atom. The molecule has 10 heteroatoms. The number of nitro groups is 1. The van der Waals surface area contributed by atoms with Crippen molar-refractivity contribution in [3.8, 4) is 11.1 Å². The van der Waals surface area contributed by atoms with Crippen molar-refractivity contribution in [3.63, 3.8) is 0 Å². The highest BCUT2D eigenvalue weighted by Crippen LogP contribution is 2.42. The van der Waals surface area contributed by atoms with Crippen molar-refractivity contribution in [2.45, 2.75) is 38.6 Å². The summed E-state index contributed by atoms with van der Waals surface area (Å²) in [5.41, 5.74) is 7.65. The molecule has 0 radical (unpaired) electrons. The summed E-state index contributed by atoms with van der Waals surface area (Å²) in [4.78, 5) is 28.0. The number of rotatable bonds is 11. The lowest BCUT2D eigenvalue weighted by Gasteiger charge is -2.44. The number of benzene rings is 5. The molecule has 2 saturated heterocycles. The van der Waals surface area contributed by atoms with Crippen LogP contribution in [0.25, 0.3) is 11.1 Å². The van der Waals surface area contributed by atoms with Crippen molar-refractivity contribution >= 4 is 17.3 Å². The molecule has 2 aliphatic rings. The predicted molar refractivity (Wildman–Crippen MR) is 204 cm³/mol. The second-order valence-electron chi connectivity index (χ2n) is 13.8. The van der Waals surface area contributed by atoms with Crippen LogP contribution in [-0.4, -0.2) is 59.7 Å². The van der Waals surface area contributed by atoms with Crippen LogP contribution in [0.1, 0.15) is 51.9 Å². The molecule has 0 unspecified atom stereocenters. The number of piperazine rings is 1. The zero-order valence-corrected chi connectivity index (χ0v) is 29.7. The minimum absolute atomic E-state index is 0.0147. The zero-order valence-electron chi connectivity index (χ0n) is 29.7. The predicted octanol–water partition coefficient (Wildman–Crippen LogP) is 7.30. The maximum atomic E-state index is 12.6. The molecule has 0 spiro atoms. The smallest absolute Gasteiger partial charge is 0.269 e. The quantitative estimate of drug-likeness (QED) is 0.108. The summed E-state index contributed by atoms with van der Waals surface area (Å²) in [6.07, 6.45) is -0.895. The minimum atomic E-state index is -0.575.